The van der Waals surface area contributed by atoms with Gasteiger partial charge in [0.2, 0.25) is 5.91 Å². The fourth-order valence-electron chi connectivity index (χ4n) is 3.43. The van der Waals surface area contributed by atoms with E-state index in [1.54, 1.807) is 24.3 Å². The van der Waals surface area contributed by atoms with Gasteiger partial charge in [-0.05, 0) is 48.4 Å². The molecule has 28 heavy (non-hydrogen) atoms. The molecule has 7 heteroatoms. The predicted octanol–water partition coefficient (Wildman–Crippen LogP) is 2.84. The van der Waals surface area contributed by atoms with Gasteiger partial charge in [-0.2, -0.15) is 0 Å². The zero-order valence-electron chi connectivity index (χ0n) is 15.3. The van der Waals surface area contributed by atoms with Crippen molar-refractivity contribution in [1.82, 2.24) is 5.32 Å². The number of hydrogen-bond donors (Lipinski definition) is 2. The zero-order valence-corrected chi connectivity index (χ0v) is 15.3. The number of benzene rings is 2. The average Bonchev–Trinajstić information content (AvgIpc) is 2.74. The highest BCUT2D eigenvalue weighted by atomic mass is 19.1. The largest absolute Gasteiger partial charge is 0.486 e. The van der Waals surface area contributed by atoms with Gasteiger partial charge in [0, 0.05) is 24.9 Å². The molecule has 2 aliphatic heterocycles. The van der Waals surface area contributed by atoms with Crippen LogP contribution >= 0.6 is 0 Å². The maximum atomic E-state index is 14.6. The summed E-state index contributed by atoms with van der Waals surface area (Å²) in [6, 6.07) is 8.37. The second kappa shape index (κ2) is 7.98. The van der Waals surface area contributed by atoms with Gasteiger partial charge in [0.15, 0.2) is 17.3 Å². The van der Waals surface area contributed by atoms with E-state index in [4.69, 9.17) is 9.47 Å². The van der Waals surface area contributed by atoms with E-state index in [-0.39, 0.29) is 30.1 Å². The Hall–Kier alpha value is -2.93. The maximum Gasteiger partial charge on any atom is 0.224 e. The molecule has 1 amide bonds. The van der Waals surface area contributed by atoms with E-state index in [9.17, 15) is 14.0 Å². The lowest BCUT2D eigenvalue weighted by Crippen LogP contribution is -2.25. The number of nitrogens with one attached hydrogen (secondary N) is 2. The lowest BCUT2D eigenvalue weighted by molar-refractivity contribution is -0.116. The van der Waals surface area contributed by atoms with Crippen LogP contribution in [0.2, 0.25) is 0 Å². The second-order valence-corrected chi connectivity index (χ2v) is 6.82. The molecular formula is C21H21FN2O4. The van der Waals surface area contributed by atoms with Gasteiger partial charge in [-0.15, -0.1) is 0 Å². The Balaban J connectivity index is 1.36. The number of anilines is 1. The highest BCUT2D eigenvalue weighted by Gasteiger charge is 2.19. The van der Waals surface area contributed by atoms with Crippen LogP contribution in [0.25, 0.3) is 0 Å². The van der Waals surface area contributed by atoms with Gasteiger partial charge in [-0.1, -0.05) is 6.07 Å². The molecule has 0 unspecified atom stereocenters. The Labute approximate surface area is 162 Å². The molecule has 146 valence electrons. The molecule has 2 aliphatic rings. The van der Waals surface area contributed by atoms with Gasteiger partial charge in [-0.3, -0.25) is 9.59 Å². The number of amides is 1. The first-order valence-corrected chi connectivity index (χ1v) is 9.35. The van der Waals surface area contributed by atoms with Gasteiger partial charge in [0.25, 0.3) is 0 Å². The van der Waals surface area contributed by atoms with Gasteiger partial charge in [0.1, 0.15) is 19.0 Å². The van der Waals surface area contributed by atoms with Crippen molar-refractivity contribution in [1.29, 1.82) is 0 Å². The van der Waals surface area contributed by atoms with Crippen LogP contribution < -0.4 is 20.1 Å². The highest BCUT2D eigenvalue weighted by Crippen LogP contribution is 2.31. The molecule has 2 aromatic carbocycles. The van der Waals surface area contributed by atoms with Crippen LogP contribution in [0.15, 0.2) is 30.3 Å². The monoisotopic (exact) mass is 384 g/mol. The van der Waals surface area contributed by atoms with Crippen molar-refractivity contribution < 1.29 is 23.5 Å². The third-order valence-electron chi connectivity index (χ3n) is 4.92. The minimum absolute atomic E-state index is 0.0225. The number of carbonyl (C=O) groups is 2. The molecule has 0 saturated heterocycles. The smallest absolute Gasteiger partial charge is 0.224 e. The van der Waals surface area contributed by atoms with Crippen molar-refractivity contribution in [2.24, 2.45) is 0 Å². The number of carbonyl (C=O) groups excluding carboxylic acids is 2. The molecule has 0 aromatic heterocycles. The van der Waals surface area contributed by atoms with Crippen LogP contribution in [0.3, 0.4) is 0 Å². The van der Waals surface area contributed by atoms with Crippen LogP contribution in [0.4, 0.5) is 10.1 Å². The van der Waals surface area contributed by atoms with Crippen molar-refractivity contribution in [2.45, 2.75) is 25.8 Å². The SMILES string of the molecule is O=C(CCC(=O)c1ccc2c(c1)OCCO2)Nc1ccc2c(c1F)CCNC2. The van der Waals surface area contributed by atoms with Crippen molar-refractivity contribution in [3.63, 3.8) is 0 Å². The Kier molecular flexibility index (Phi) is 5.25. The van der Waals surface area contributed by atoms with Crippen LogP contribution in [-0.4, -0.2) is 31.4 Å². The molecule has 0 atom stereocenters. The van der Waals surface area contributed by atoms with Crippen molar-refractivity contribution in [3.05, 3.63) is 52.8 Å². The zero-order chi connectivity index (χ0) is 19.5. The highest BCUT2D eigenvalue weighted by molar-refractivity contribution is 6.00. The Morgan fingerprint density at radius 1 is 1.07 bits per heavy atom. The van der Waals surface area contributed by atoms with Gasteiger partial charge in [-0.25, -0.2) is 4.39 Å². The normalized spacial score (nSPS) is 14.9. The van der Waals surface area contributed by atoms with Gasteiger partial charge in [0.05, 0.1) is 5.69 Å². The lowest BCUT2D eigenvalue weighted by atomic mass is 9.99. The summed E-state index contributed by atoms with van der Waals surface area (Å²) in [5, 5.41) is 5.77. The Morgan fingerprint density at radius 2 is 1.89 bits per heavy atom. The third kappa shape index (κ3) is 3.84. The molecule has 0 saturated carbocycles. The Bertz CT molecular complexity index is 929. The second-order valence-electron chi connectivity index (χ2n) is 6.82. The topological polar surface area (TPSA) is 76.7 Å². The van der Waals surface area contributed by atoms with E-state index in [1.165, 1.54) is 0 Å². The molecule has 0 radical (unpaired) electrons. The molecule has 6 nitrogen and oxygen atoms in total. The lowest BCUT2D eigenvalue weighted by Gasteiger charge is -2.19. The molecule has 4 rings (SSSR count). The summed E-state index contributed by atoms with van der Waals surface area (Å²) in [7, 11) is 0. The predicted molar refractivity (Wildman–Crippen MR) is 101 cm³/mol. The summed E-state index contributed by atoms with van der Waals surface area (Å²) in [4.78, 5) is 24.6. The van der Waals surface area contributed by atoms with Crippen LogP contribution in [-0.2, 0) is 17.8 Å². The molecule has 0 spiro atoms. The van der Waals surface area contributed by atoms with Crippen LogP contribution in [0.5, 0.6) is 11.5 Å². The summed E-state index contributed by atoms with van der Waals surface area (Å²) < 4.78 is 25.5. The number of Topliss-reactive ketones (excluding diaryl/α,β-unsaturated/α-hetero) is 1. The molecule has 2 N–H and O–H groups in total. The number of rotatable bonds is 5. The summed E-state index contributed by atoms with van der Waals surface area (Å²) in [6.45, 7) is 2.27. The number of hydrogen-bond acceptors (Lipinski definition) is 5. The van der Waals surface area contributed by atoms with Crippen molar-refractivity contribution in [3.8, 4) is 11.5 Å². The number of ether oxygens (including phenoxy) is 2. The maximum absolute atomic E-state index is 14.6. The molecule has 0 bridgehead atoms. The van der Waals surface area contributed by atoms with E-state index in [1.807, 2.05) is 6.07 Å². The van der Waals surface area contributed by atoms with Crippen molar-refractivity contribution >= 4 is 17.4 Å². The minimum Gasteiger partial charge on any atom is -0.486 e. The summed E-state index contributed by atoms with van der Waals surface area (Å²) in [6.07, 6.45) is 0.598. The quantitative estimate of drug-likeness (QED) is 0.776. The van der Waals surface area contributed by atoms with Crippen LogP contribution in [0, 0.1) is 5.82 Å². The third-order valence-corrected chi connectivity index (χ3v) is 4.92. The standard InChI is InChI=1S/C21H21FN2O4/c22-21-15-7-8-23-12-14(15)1-3-16(21)24-20(26)6-4-17(25)13-2-5-18-19(11-13)28-10-9-27-18/h1-3,5,11,23H,4,6-10,12H2,(H,24,26). The van der Waals surface area contributed by atoms with Crippen molar-refractivity contribution in [2.75, 3.05) is 25.1 Å². The number of halogens is 1. The fraction of sp³-hybridized carbons (Fsp3) is 0.333. The van der Waals surface area contributed by atoms with E-state index < -0.39 is 5.91 Å². The molecule has 0 fully saturated rings. The van der Waals surface area contributed by atoms with Crippen LogP contribution in [0.1, 0.15) is 34.3 Å². The van der Waals surface area contributed by atoms with E-state index >= 15 is 0 Å². The van der Waals surface area contributed by atoms with E-state index in [0.29, 0.717) is 55.4 Å². The number of fused-ring (bicyclic) bond motifs is 2. The molecule has 2 aromatic rings. The van der Waals surface area contributed by atoms with Gasteiger partial charge < -0.3 is 20.1 Å². The van der Waals surface area contributed by atoms with E-state index in [0.717, 1.165) is 5.56 Å². The van der Waals surface area contributed by atoms with E-state index in [2.05, 4.69) is 10.6 Å². The fourth-order valence-corrected chi connectivity index (χ4v) is 3.43. The summed E-state index contributed by atoms with van der Waals surface area (Å²) in [5.74, 6) is 0.194. The molecular weight excluding hydrogens is 363 g/mol. The first kappa shape index (κ1) is 18.4. The minimum atomic E-state index is -0.390. The first-order valence-electron chi connectivity index (χ1n) is 9.35. The van der Waals surface area contributed by atoms with Gasteiger partial charge >= 0.3 is 0 Å². The number of ketones is 1. The molecule has 2 heterocycles. The first-order chi connectivity index (χ1) is 13.6. The summed E-state index contributed by atoms with van der Waals surface area (Å²) >= 11 is 0. The average molecular weight is 384 g/mol. The Morgan fingerprint density at radius 3 is 2.75 bits per heavy atom. The summed E-state index contributed by atoms with van der Waals surface area (Å²) in [5.41, 5.74) is 2.18. The molecule has 0 aliphatic carbocycles.